The molecule has 0 bridgehead atoms. The van der Waals surface area contributed by atoms with E-state index in [1.807, 2.05) is 12.2 Å². The van der Waals surface area contributed by atoms with Gasteiger partial charge in [-0.3, -0.25) is 0 Å². The Morgan fingerprint density at radius 2 is 1.00 bits per heavy atom. The van der Waals surface area contributed by atoms with Gasteiger partial charge in [-0.25, -0.2) is 0 Å². The molecular formula is C16H31N. The number of hydrogen-bond acceptors (Lipinski definition) is 1. The van der Waals surface area contributed by atoms with Crippen molar-refractivity contribution in [3.8, 4) is 0 Å². The average Bonchev–Trinajstić information content (AvgIpc) is 2.35. The smallest absolute Gasteiger partial charge is 0.00489 e. The molecule has 0 rings (SSSR count). The fourth-order valence-corrected chi connectivity index (χ4v) is 1.91. The Morgan fingerprint density at radius 1 is 0.588 bits per heavy atom. The van der Waals surface area contributed by atoms with Gasteiger partial charge in [-0.05, 0) is 51.6 Å². The molecule has 0 unspecified atom stereocenters. The SMILES string of the molecule is C=CCCCCCCCNCCCCCC=C. The van der Waals surface area contributed by atoms with Gasteiger partial charge in [0.2, 0.25) is 0 Å². The highest BCUT2D eigenvalue weighted by molar-refractivity contribution is 4.66. The molecule has 1 nitrogen and oxygen atoms in total. The molecule has 17 heavy (non-hydrogen) atoms. The Kier molecular flexibility index (Phi) is 14.9. The van der Waals surface area contributed by atoms with Crippen LogP contribution in [-0.4, -0.2) is 13.1 Å². The predicted octanol–water partition coefficient (Wildman–Crippen LogP) is 4.85. The summed E-state index contributed by atoms with van der Waals surface area (Å²) in [6, 6.07) is 0. The fraction of sp³-hybridized carbons (Fsp3) is 0.750. The van der Waals surface area contributed by atoms with Gasteiger partial charge < -0.3 is 5.32 Å². The van der Waals surface area contributed by atoms with Crippen LogP contribution in [0.4, 0.5) is 0 Å². The molecule has 1 N–H and O–H groups in total. The van der Waals surface area contributed by atoms with Crippen molar-refractivity contribution in [3.05, 3.63) is 25.3 Å². The van der Waals surface area contributed by atoms with E-state index in [2.05, 4.69) is 18.5 Å². The summed E-state index contributed by atoms with van der Waals surface area (Å²) in [4.78, 5) is 0. The Labute approximate surface area is 108 Å². The third kappa shape index (κ3) is 15.4. The minimum atomic E-state index is 1.17. The average molecular weight is 237 g/mol. The van der Waals surface area contributed by atoms with Gasteiger partial charge in [0.15, 0.2) is 0 Å². The van der Waals surface area contributed by atoms with Crippen LogP contribution in [0, 0.1) is 0 Å². The number of nitrogens with one attached hydrogen (secondary N) is 1. The summed E-state index contributed by atoms with van der Waals surface area (Å²) >= 11 is 0. The van der Waals surface area contributed by atoms with E-state index in [4.69, 9.17) is 0 Å². The molecule has 0 fully saturated rings. The maximum absolute atomic E-state index is 3.74. The quantitative estimate of drug-likeness (QED) is 0.336. The van der Waals surface area contributed by atoms with Gasteiger partial charge in [-0.2, -0.15) is 0 Å². The molecular weight excluding hydrogens is 206 g/mol. The van der Waals surface area contributed by atoms with Gasteiger partial charge in [-0.1, -0.05) is 37.8 Å². The first-order valence-corrected chi connectivity index (χ1v) is 7.34. The Bertz CT molecular complexity index is 145. The van der Waals surface area contributed by atoms with Crippen molar-refractivity contribution in [2.24, 2.45) is 0 Å². The number of unbranched alkanes of at least 4 members (excludes halogenated alkanes) is 8. The molecule has 0 amide bonds. The Balaban J connectivity index is 2.89. The molecule has 0 aromatic heterocycles. The van der Waals surface area contributed by atoms with Crippen molar-refractivity contribution in [1.82, 2.24) is 5.32 Å². The first-order valence-electron chi connectivity index (χ1n) is 7.34. The van der Waals surface area contributed by atoms with Gasteiger partial charge in [0, 0.05) is 0 Å². The molecule has 0 aliphatic heterocycles. The minimum Gasteiger partial charge on any atom is -0.317 e. The Hall–Kier alpha value is -0.560. The summed E-state index contributed by atoms with van der Waals surface area (Å²) in [5.74, 6) is 0. The van der Waals surface area contributed by atoms with Crippen molar-refractivity contribution < 1.29 is 0 Å². The summed E-state index contributed by atoms with van der Waals surface area (Å²) in [7, 11) is 0. The molecule has 0 heterocycles. The van der Waals surface area contributed by atoms with Gasteiger partial charge in [0.1, 0.15) is 0 Å². The molecule has 0 aromatic rings. The summed E-state index contributed by atoms with van der Waals surface area (Å²) < 4.78 is 0. The largest absolute Gasteiger partial charge is 0.317 e. The van der Waals surface area contributed by atoms with Crippen LogP contribution in [0.15, 0.2) is 25.3 Å². The topological polar surface area (TPSA) is 12.0 Å². The monoisotopic (exact) mass is 237 g/mol. The molecule has 1 heteroatoms. The normalized spacial score (nSPS) is 10.4. The Morgan fingerprint density at radius 3 is 1.53 bits per heavy atom. The summed E-state index contributed by atoms with van der Waals surface area (Å²) in [6.07, 6.45) is 17.1. The molecule has 0 atom stereocenters. The minimum absolute atomic E-state index is 1.17. The zero-order valence-electron chi connectivity index (χ0n) is 11.6. The lowest BCUT2D eigenvalue weighted by molar-refractivity contribution is 0.557. The van der Waals surface area contributed by atoms with Crippen molar-refractivity contribution in [2.75, 3.05) is 13.1 Å². The van der Waals surface area contributed by atoms with E-state index in [1.165, 1.54) is 77.3 Å². The summed E-state index contributed by atoms with van der Waals surface area (Å²) in [5.41, 5.74) is 0. The highest BCUT2D eigenvalue weighted by atomic mass is 14.8. The molecule has 0 radical (unpaired) electrons. The van der Waals surface area contributed by atoms with Crippen LogP contribution < -0.4 is 5.32 Å². The molecule has 0 saturated carbocycles. The number of allylic oxidation sites excluding steroid dienone is 2. The summed E-state index contributed by atoms with van der Waals surface area (Å²) in [6.45, 7) is 9.86. The standard InChI is InChI=1S/C16H31N/c1-3-5-7-9-10-12-14-16-17-15-13-11-8-6-4-2/h3-4,17H,1-2,5-16H2. The fourth-order valence-electron chi connectivity index (χ4n) is 1.91. The maximum Gasteiger partial charge on any atom is -0.00489 e. The first-order chi connectivity index (χ1) is 8.41. The zero-order chi connectivity index (χ0) is 12.6. The highest BCUT2D eigenvalue weighted by Gasteiger charge is 1.91. The third-order valence-electron chi connectivity index (χ3n) is 3.02. The number of hydrogen-bond donors (Lipinski definition) is 1. The van der Waals surface area contributed by atoms with Crippen molar-refractivity contribution in [2.45, 2.75) is 64.2 Å². The van der Waals surface area contributed by atoms with Crippen LogP contribution in [-0.2, 0) is 0 Å². The summed E-state index contributed by atoms with van der Waals surface area (Å²) in [5, 5.41) is 3.52. The highest BCUT2D eigenvalue weighted by Crippen LogP contribution is 2.05. The number of rotatable bonds is 14. The van der Waals surface area contributed by atoms with Crippen LogP contribution in [0.25, 0.3) is 0 Å². The van der Waals surface area contributed by atoms with Crippen LogP contribution in [0.1, 0.15) is 64.2 Å². The van der Waals surface area contributed by atoms with Crippen molar-refractivity contribution in [1.29, 1.82) is 0 Å². The molecule has 0 saturated heterocycles. The van der Waals surface area contributed by atoms with Gasteiger partial charge in [-0.15, -0.1) is 13.2 Å². The molecule has 100 valence electrons. The second kappa shape index (κ2) is 15.4. The molecule has 0 aliphatic rings. The zero-order valence-corrected chi connectivity index (χ0v) is 11.6. The maximum atomic E-state index is 3.74. The van der Waals surface area contributed by atoms with Gasteiger partial charge in [0.05, 0.1) is 0 Å². The van der Waals surface area contributed by atoms with Crippen LogP contribution in [0.2, 0.25) is 0 Å². The second-order valence-electron chi connectivity index (χ2n) is 4.73. The lowest BCUT2D eigenvalue weighted by Gasteiger charge is -2.04. The van der Waals surface area contributed by atoms with E-state index in [0.717, 1.165) is 0 Å². The van der Waals surface area contributed by atoms with Gasteiger partial charge >= 0.3 is 0 Å². The first kappa shape index (κ1) is 16.4. The van der Waals surface area contributed by atoms with E-state index in [0.29, 0.717) is 0 Å². The van der Waals surface area contributed by atoms with Crippen molar-refractivity contribution in [3.63, 3.8) is 0 Å². The van der Waals surface area contributed by atoms with E-state index >= 15 is 0 Å². The lowest BCUT2D eigenvalue weighted by atomic mass is 10.1. The van der Waals surface area contributed by atoms with E-state index in [1.54, 1.807) is 0 Å². The van der Waals surface area contributed by atoms with Crippen LogP contribution in [0.5, 0.6) is 0 Å². The predicted molar refractivity (Wildman–Crippen MR) is 79.4 cm³/mol. The van der Waals surface area contributed by atoms with Gasteiger partial charge in [0.25, 0.3) is 0 Å². The third-order valence-corrected chi connectivity index (χ3v) is 3.02. The van der Waals surface area contributed by atoms with E-state index in [9.17, 15) is 0 Å². The van der Waals surface area contributed by atoms with E-state index < -0.39 is 0 Å². The molecule has 0 spiro atoms. The van der Waals surface area contributed by atoms with E-state index in [-0.39, 0.29) is 0 Å². The molecule has 0 aliphatic carbocycles. The second-order valence-corrected chi connectivity index (χ2v) is 4.73. The van der Waals surface area contributed by atoms with Crippen LogP contribution >= 0.6 is 0 Å². The van der Waals surface area contributed by atoms with Crippen LogP contribution in [0.3, 0.4) is 0 Å². The van der Waals surface area contributed by atoms with Crippen molar-refractivity contribution >= 4 is 0 Å². The lowest BCUT2D eigenvalue weighted by Crippen LogP contribution is -2.16. The molecule has 0 aromatic carbocycles.